The lowest BCUT2D eigenvalue weighted by Gasteiger charge is -2.49. The van der Waals surface area contributed by atoms with E-state index in [2.05, 4.69) is 24.5 Å². The summed E-state index contributed by atoms with van der Waals surface area (Å²) in [4.78, 5) is 26.1. The van der Waals surface area contributed by atoms with Gasteiger partial charge in [-0.3, -0.25) is 9.59 Å². The Morgan fingerprint density at radius 2 is 0.810 bits per heavy atom. The van der Waals surface area contributed by atoms with Gasteiger partial charge >= 0.3 is 0 Å². The highest BCUT2D eigenvalue weighted by Crippen LogP contribution is 2.34. The van der Waals surface area contributed by atoms with Crippen LogP contribution in [0.15, 0.2) is 0 Å². The highest BCUT2D eigenvalue weighted by atomic mass is 16.8. The fraction of sp³-hybridized carbons (Fsp3) is 0.968. The highest BCUT2D eigenvalue weighted by molar-refractivity contribution is 5.80. The number of hydrogen-bond acceptors (Lipinski definition) is 20. The van der Waals surface area contributed by atoms with Gasteiger partial charge in [-0.1, -0.05) is 219 Å². The Labute approximate surface area is 502 Å². The number of carbonyl (C=O) groups excluding carboxylic acids is 2. The second kappa shape index (κ2) is 45.5. The summed E-state index contributed by atoms with van der Waals surface area (Å²) in [6, 6.07) is -3.01. The quantitative estimate of drug-likeness (QED) is 0.0374. The molecule has 2 amide bonds. The molecule has 14 N–H and O–H groups in total. The molecule has 3 heterocycles. The topological polar surface area (TPSA) is 356 Å². The van der Waals surface area contributed by atoms with E-state index in [0.717, 1.165) is 64.7 Å². The van der Waals surface area contributed by atoms with E-state index in [1.807, 2.05) is 0 Å². The van der Waals surface area contributed by atoms with Gasteiger partial charge in [0.2, 0.25) is 11.8 Å². The fourth-order valence-electron chi connectivity index (χ4n) is 11.6. The van der Waals surface area contributed by atoms with Crippen molar-refractivity contribution in [1.29, 1.82) is 0 Å². The molecule has 0 saturated carbocycles. The number of aliphatic hydroxyl groups is 12. The minimum atomic E-state index is -2.03. The summed E-state index contributed by atoms with van der Waals surface area (Å²) in [7, 11) is 0. The van der Waals surface area contributed by atoms with Crippen LogP contribution in [0.3, 0.4) is 0 Å². The molecular formula is C62H118N2O20. The Morgan fingerprint density at radius 1 is 0.440 bits per heavy atom. The normalized spacial score (nSPS) is 29.8. The first-order valence-corrected chi connectivity index (χ1v) is 33.0. The monoisotopic (exact) mass is 1210 g/mol. The molecule has 3 aliphatic rings. The second-order valence-corrected chi connectivity index (χ2v) is 24.3. The molecule has 22 nitrogen and oxygen atoms in total. The molecule has 3 fully saturated rings. The number of carbonyl (C=O) groups is 2. The van der Waals surface area contributed by atoms with Gasteiger partial charge in [0.15, 0.2) is 18.9 Å². The predicted octanol–water partition coefficient (Wildman–Crippen LogP) is 4.47. The Kier molecular flexibility index (Phi) is 41.4. The summed E-state index contributed by atoms with van der Waals surface area (Å²) in [5.41, 5.74) is 0. The van der Waals surface area contributed by atoms with Crippen LogP contribution in [-0.2, 0) is 38.0 Å². The van der Waals surface area contributed by atoms with Crippen LogP contribution in [0, 0.1) is 0 Å². The lowest BCUT2D eigenvalue weighted by molar-refractivity contribution is -0.387. The fourth-order valence-corrected chi connectivity index (χ4v) is 11.6. The second-order valence-electron chi connectivity index (χ2n) is 24.3. The number of nitrogens with one attached hydrogen (secondary N) is 2. The van der Waals surface area contributed by atoms with Gasteiger partial charge in [0.1, 0.15) is 85.4 Å². The maximum absolute atomic E-state index is 13.8. The summed E-state index contributed by atoms with van der Waals surface area (Å²) >= 11 is 0. The molecular weight excluding hydrogens is 1090 g/mol. The third kappa shape index (κ3) is 28.4. The van der Waals surface area contributed by atoms with Crippen molar-refractivity contribution in [3.63, 3.8) is 0 Å². The van der Waals surface area contributed by atoms with Crippen LogP contribution in [0.4, 0.5) is 0 Å². The molecule has 0 spiro atoms. The van der Waals surface area contributed by atoms with Crippen LogP contribution in [0.5, 0.6) is 0 Å². The van der Waals surface area contributed by atoms with Gasteiger partial charge in [0.05, 0.1) is 38.6 Å². The van der Waals surface area contributed by atoms with Gasteiger partial charge in [0.25, 0.3) is 0 Å². The van der Waals surface area contributed by atoms with Gasteiger partial charge in [-0.2, -0.15) is 0 Å². The van der Waals surface area contributed by atoms with Crippen LogP contribution >= 0.6 is 0 Å². The van der Waals surface area contributed by atoms with E-state index in [1.54, 1.807) is 0 Å². The minimum Gasteiger partial charge on any atom is -0.394 e. The molecule has 0 unspecified atom stereocenters. The van der Waals surface area contributed by atoms with E-state index >= 15 is 0 Å². The summed E-state index contributed by atoms with van der Waals surface area (Å²) < 4.78 is 36.0. The molecule has 0 radical (unpaired) electrons. The SMILES string of the molecule is CCCCCCCCCCCCCCCCCCCCCCCC[C@@H](O)C(=O)N[C@@H](CO[C@H]1O[C@H](CO)[C@H](O)[C@H](O[C@H]2O[C@H](CO)[C@H](O)[C@H](O)[C@H]2NC(C)=O)[C@H]1O[C@H]1O[C@H](CO)[C@@H](O)[C@H](O)[C@H]1O)[C@H](O)[C@H](O)CCCCCCCCCCCC. The predicted molar refractivity (Wildman–Crippen MR) is 315 cm³/mol. The maximum atomic E-state index is 13.8. The maximum Gasteiger partial charge on any atom is 0.249 e. The number of rotatable bonds is 49. The van der Waals surface area contributed by atoms with E-state index in [1.165, 1.54) is 135 Å². The Bertz CT molecular complexity index is 1640. The molecule has 496 valence electrons. The smallest absolute Gasteiger partial charge is 0.249 e. The number of hydrogen-bond donors (Lipinski definition) is 14. The zero-order chi connectivity index (χ0) is 61.7. The molecule has 0 aromatic heterocycles. The molecule has 22 heteroatoms. The highest BCUT2D eigenvalue weighted by Gasteiger charge is 2.55. The number of ether oxygens (including phenoxy) is 6. The molecule has 0 aromatic rings. The molecule has 3 saturated heterocycles. The van der Waals surface area contributed by atoms with Crippen LogP contribution in [-0.4, -0.2) is 216 Å². The Hall–Kier alpha value is -1.78. The molecule has 3 rings (SSSR count). The molecule has 0 aromatic carbocycles. The van der Waals surface area contributed by atoms with E-state index in [4.69, 9.17) is 28.4 Å². The van der Waals surface area contributed by atoms with E-state index in [9.17, 15) is 70.9 Å². The number of amides is 2. The van der Waals surface area contributed by atoms with E-state index in [0.29, 0.717) is 12.8 Å². The van der Waals surface area contributed by atoms with Crippen molar-refractivity contribution in [2.75, 3.05) is 26.4 Å². The molecule has 19 atom stereocenters. The standard InChI is InChI=1S/C62H118N2O20/c1-4-6-8-10-12-14-16-17-18-19-20-21-22-23-24-25-26-27-29-31-33-35-37-45(70)59(78)64-43(50(71)44(69)36-34-32-30-28-15-13-11-9-7-5-2)41-79-62-58(84-61-56(77)55(76)52(73)47(39-66)81-61)57(53(74)48(40-67)82-62)83-60-49(63-42(3)68)54(75)51(72)46(38-65)80-60/h43-58,60-62,65-67,69-77H,4-41H2,1-3H3,(H,63,68)(H,64,78)/t43-,44+,45+,46+,47+,48+,49+,50-,51-,52+,53-,54+,55-,56+,57-,58+,60+,61+,62-/m0/s1. The van der Waals surface area contributed by atoms with Gasteiger partial charge in [-0.15, -0.1) is 0 Å². The zero-order valence-electron chi connectivity index (χ0n) is 51.5. The third-order valence-corrected chi connectivity index (χ3v) is 17.0. The number of unbranched alkanes of at least 4 members (excludes halogenated alkanes) is 30. The van der Waals surface area contributed by atoms with E-state index < -0.39 is 155 Å². The third-order valence-electron chi connectivity index (χ3n) is 17.0. The van der Waals surface area contributed by atoms with E-state index in [-0.39, 0.29) is 12.8 Å². The summed E-state index contributed by atoms with van der Waals surface area (Å²) in [6.07, 6.45) is 7.98. The Balaban J connectivity index is 1.68. The van der Waals surface area contributed by atoms with Crippen LogP contribution < -0.4 is 10.6 Å². The van der Waals surface area contributed by atoms with Gasteiger partial charge in [0, 0.05) is 6.92 Å². The number of aliphatic hydroxyl groups excluding tert-OH is 12. The first kappa shape index (κ1) is 76.5. The van der Waals surface area contributed by atoms with Gasteiger partial charge in [-0.05, 0) is 12.8 Å². The van der Waals surface area contributed by atoms with Crippen molar-refractivity contribution < 1.29 is 99.3 Å². The summed E-state index contributed by atoms with van der Waals surface area (Å²) in [5.74, 6) is -1.56. The van der Waals surface area contributed by atoms with Gasteiger partial charge < -0.3 is 100 Å². The van der Waals surface area contributed by atoms with Crippen LogP contribution in [0.25, 0.3) is 0 Å². The van der Waals surface area contributed by atoms with Crippen molar-refractivity contribution in [3.8, 4) is 0 Å². The first-order valence-electron chi connectivity index (χ1n) is 33.0. The van der Waals surface area contributed by atoms with Crippen molar-refractivity contribution >= 4 is 11.8 Å². The van der Waals surface area contributed by atoms with Crippen molar-refractivity contribution in [2.24, 2.45) is 0 Å². The van der Waals surface area contributed by atoms with Crippen molar-refractivity contribution in [3.05, 3.63) is 0 Å². The Morgan fingerprint density at radius 3 is 1.24 bits per heavy atom. The first-order chi connectivity index (χ1) is 40.5. The lowest BCUT2D eigenvalue weighted by Crippen LogP contribution is -2.69. The van der Waals surface area contributed by atoms with Crippen LogP contribution in [0.1, 0.15) is 239 Å². The minimum absolute atomic E-state index is 0.122. The van der Waals surface area contributed by atoms with Gasteiger partial charge in [-0.25, -0.2) is 0 Å². The average Bonchev–Trinajstić information content (AvgIpc) is 1.97. The lowest BCUT2D eigenvalue weighted by atomic mass is 9.95. The largest absolute Gasteiger partial charge is 0.394 e. The average molecular weight is 1210 g/mol. The molecule has 84 heavy (non-hydrogen) atoms. The molecule has 3 aliphatic heterocycles. The molecule has 0 aliphatic carbocycles. The van der Waals surface area contributed by atoms with Crippen molar-refractivity contribution in [2.45, 2.75) is 355 Å². The van der Waals surface area contributed by atoms with Crippen LogP contribution in [0.2, 0.25) is 0 Å². The zero-order valence-corrected chi connectivity index (χ0v) is 51.5. The van der Waals surface area contributed by atoms with Crippen molar-refractivity contribution in [1.82, 2.24) is 10.6 Å². The summed E-state index contributed by atoms with van der Waals surface area (Å²) in [5, 5.41) is 136. The summed E-state index contributed by atoms with van der Waals surface area (Å²) in [6.45, 7) is 2.25. The molecule has 0 bridgehead atoms.